The lowest BCUT2D eigenvalue weighted by molar-refractivity contribution is -0.0500. The second-order valence-corrected chi connectivity index (χ2v) is 6.98. The summed E-state index contributed by atoms with van der Waals surface area (Å²) in [5.41, 5.74) is -4.91. The Balaban J connectivity index is 1.88. The second-order valence-electron chi connectivity index (χ2n) is 5.44. The number of fused-ring (bicyclic) bond motifs is 1. The molecule has 0 amide bonds. The van der Waals surface area contributed by atoms with Crippen LogP contribution in [-0.4, -0.2) is 23.9 Å². The van der Waals surface area contributed by atoms with Gasteiger partial charge >= 0.3 is 15.6 Å². The number of rotatable bonds is 5. The van der Waals surface area contributed by atoms with Gasteiger partial charge in [-0.15, -0.1) is 0 Å². The van der Waals surface area contributed by atoms with Gasteiger partial charge < -0.3 is 8.92 Å². The molecule has 2 heterocycles. The van der Waals surface area contributed by atoms with Crippen molar-refractivity contribution in [2.45, 2.75) is 31.4 Å². The Morgan fingerprint density at radius 2 is 2.00 bits per heavy atom. The SMILES string of the molecule is O=S(=O)(Oc1cc(OCc2ncccc2F)nc2c1CCC2)C(F)(F)F. The van der Waals surface area contributed by atoms with Crippen molar-refractivity contribution in [1.82, 2.24) is 9.97 Å². The van der Waals surface area contributed by atoms with Gasteiger partial charge in [-0.25, -0.2) is 9.37 Å². The number of aryl methyl sites for hydroxylation is 1. The molecule has 0 fully saturated rings. The lowest BCUT2D eigenvalue weighted by Crippen LogP contribution is -2.28. The summed E-state index contributed by atoms with van der Waals surface area (Å²) in [7, 11) is -5.82. The van der Waals surface area contributed by atoms with Crippen LogP contribution in [0.15, 0.2) is 24.4 Å². The number of halogens is 4. The molecule has 6 nitrogen and oxygen atoms in total. The van der Waals surface area contributed by atoms with E-state index in [0.717, 1.165) is 6.07 Å². The minimum absolute atomic E-state index is 0.0276. The number of hydrogen-bond acceptors (Lipinski definition) is 6. The molecule has 0 atom stereocenters. The van der Waals surface area contributed by atoms with Crippen LogP contribution in [0.1, 0.15) is 23.4 Å². The molecular formula is C15H12F4N2O4S. The van der Waals surface area contributed by atoms with Crippen LogP contribution in [-0.2, 0) is 29.6 Å². The summed E-state index contributed by atoms with van der Waals surface area (Å²) in [6.45, 7) is -0.329. The molecule has 2 aromatic rings. The van der Waals surface area contributed by atoms with Gasteiger partial charge in [0.15, 0.2) is 5.75 Å². The molecule has 0 bridgehead atoms. The van der Waals surface area contributed by atoms with Crippen LogP contribution in [0.25, 0.3) is 0 Å². The van der Waals surface area contributed by atoms with Crippen molar-refractivity contribution in [3.8, 4) is 11.6 Å². The van der Waals surface area contributed by atoms with Gasteiger partial charge in [-0.05, 0) is 31.4 Å². The van der Waals surface area contributed by atoms with E-state index in [-0.39, 0.29) is 23.7 Å². The van der Waals surface area contributed by atoms with Gasteiger partial charge in [0.25, 0.3) is 0 Å². The molecule has 0 radical (unpaired) electrons. The monoisotopic (exact) mass is 392 g/mol. The van der Waals surface area contributed by atoms with Crippen LogP contribution in [0.2, 0.25) is 0 Å². The largest absolute Gasteiger partial charge is 0.534 e. The molecule has 3 rings (SSSR count). The predicted octanol–water partition coefficient (Wildman–Crippen LogP) is 2.91. The molecule has 0 unspecified atom stereocenters. The molecule has 0 aliphatic heterocycles. The Morgan fingerprint density at radius 3 is 2.69 bits per heavy atom. The number of aromatic nitrogens is 2. The van der Waals surface area contributed by atoms with Crippen LogP contribution in [0.4, 0.5) is 17.6 Å². The Labute approximate surface area is 145 Å². The number of hydrogen-bond donors (Lipinski definition) is 0. The Bertz CT molecular complexity index is 932. The number of alkyl halides is 3. The molecular weight excluding hydrogens is 380 g/mol. The standard InChI is InChI=1S/C15H12F4N2O4S/c16-10-4-2-6-20-12(10)8-24-14-7-13(9-3-1-5-11(9)21-14)25-26(22,23)15(17,18)19/h2,4,6-7H,1,3,5,8H2. The Kier molecular flexibility index (Phi) is 4.74. The number of pyridine rings is 2. The fourth-order valence-corrected chi connectivity index (χ4v) is 2.94. The second kappa shape index (κ2) is 6.71. The van der Waals surface area contributed by atoms with Gasteiger partial charge in [0.2, 0.25) is 5.88 Å². The summed E-state index contributed by atoms with van der Waals surface area (Å²) < 4.78 is 83.4. The molecule has 2 aromatic heterocycles. The maximum atomic E-state index is 13.6. The third kappa shape index (κ3) is 3.71. The third-order valence-electron chi connectivity index (χ3n) is 3.66. The van der Waals surface area contributed by atoms with Crippen molar-refractivity contribution >= 4 is 10.1 Å². The molecule has 26 heavy (non-hydrogen) atoms. The van der Waals surface area contributed by atoms with Crippen LogP contribution < -0.4 is 8.92 Å². The summed E-state index contributed by atoms with van der Waals surface area (Å²) in [6, 6.07) is 3.51. The van der Waals surface area contributed by atoms with Gasteiger partial charge in [0.05, 0.1) is 5.69 Å². The highest BCUT2D eigenvalue weighted by molar-refractivity contribution is 7.88. The molecule has 0 N–H and O–H groups in total. The summed E-state index contributed by atoms with van der Waals surface area (Å²) in [5.74, 6) is -1.28. The minimum atomic E-state index is -5.82. The van der Waals surface area contributed by atoms with Gasteiger partial charge in [-0.3, -0.25) is 4.98 Å². The van der Waals surface area contributed by atoms with Gasteiger partial charge in [0.1, 0.15) is 18.1 Å². The lowest BCUT2D eigenvalue weighted by Gasteiger charge is -2.14. The third-order valence-corrected chi connectivity index (χ3v) is 4.63. The fraction of sp³-hybridized carbons (Fsp3) is 0.333. The van der Waals surface area contributed by atoms with Crippen molar-refractivity contribution in [2.24, 2.45) is 0 Å². The molecule has 1 aliphatic rings. The van der Waals surface area contributed by atoms with E-state index in [0.29, 0.717) is 25.0 Å². The van der Waals surface area contributed by atoms with Gasteiger partial charge in [-0.2, -0.15) is 21.6 Å². The molecule has 140 valence electrons. The summed E-state index contributed by atoms with van der Waals surface area (Å²) >= 11 is 0. The summed E-state index contributed by atoms with van der Waals surface area (Å²) in [6.07, 6.45) is 2.71. The average molecular weight is 392 g/mol. The fourth-order valence-electron chi connectivity index (χ4n) is 2.46. The smallest absolute Gasteiger partial charge is 0.471 e. The molecule has 0 aromatic carbocycles. The highest BCUT2D eigenvalue weighted by Crippen LogP contribution is 2.36. The van der Waals surface area contributed by atoms with Crippen molar-refractivity contribution in [1.29, 1.82) is 0 Å². The van der Waals surface area contributed by atoms with Crippen LogP contribution in [0.3, 0.4) is 0 Å². The molecule has 0 spiro atoms. The Hall–Kier alpha value is -2.43. The van der Waals surface area contributed by atoms with Crippen molar-refractivity contribution in [3.05, 3.63) is 47.2 Å². The van der Waals surface area contributed by atoms with Crippen LogP contribution >= 0.6 is 0 Å². The first-order chi connectivity index (χ1) is 12.2. The maximum Gasteiger partial charge on any atom is 0.534 e. The highest BCUT2D eigenvalue weighted by atomic mass is 32.2. The average Bonchev–Trinajstić information content (AvgIpc) is 3.01. The van der Waals surface area contributed by atoms with E-state index < -0.39 is 27.2 Å². The zero-order valence-electron chi connectivity index (χ0n) is 13.1. The van der Waals surface area contributed by atoms with E-state index in [2.05, 4.69) is 14.2 Å². The Morgan fingerprint density at radius 1 is 1.23 bits per heavy atom. The number of ether oxygens (including phenoxy) is 1. The van der Waals surface area contributed by atoms with Crippen molar-refractivity contribution in [2.75, 3.05) is 0 Å². The topological polar surface area (TPSA) is 78.4 Å². The first-order valence-electron chi connectivity index (χ1n) is 7.43. The summed E-state index contributed by atoms with van der Waals surface area (Å²) in [5, 5.41) is 0. The zero-order chi connectivity index (χ0) is 18.9. The predicted molar refractivity (Wildman–Crippen MR) is 80.4 cm³/mol. The van der Waals surface area contributed by atoms with Gasteiger partial charge in [-0.1, -0.05) is 0 Å². The van der Waals surface area contributed by atoms with Crippen molar-refractivity contribution in [3.63, 3.8) is 0 Å². The van der Waals surface area contributed by atoms with Crippen molar-refractivity contribution < 1.29 is 34.9 Å². The van der Waals surface area contributed by atoms with E-state index in [4.69, 9.17) is 4.74 Å². The molecule has 0 saturated heterocycles. The minimum Gasteiger partial charge on any atom is -0.471 e. The maximum absolute atomic E-state index is 13.6. The normalized spacial score (nSPS) is 14.2. The van der Waals surface area contributed by atoms with E-state index >= 15 is 0 Å². The number of nitrogens with zero attached hydrogens (tertiary/aromatic N) is 2. The first-order valence-corrected chi connectivity index (χ1v) is 8.84. The van der Waals surface area contributed by atoms with E-state index in [9.17, 15) is 26.0 Å². The molecule has 0 saturated carbocycles. The van der Waals surface area contributed by atoms with Crippen LogP contribution in [0.5, 0.6) is 11.6 Å². The van der Waals surface area contributed by atoms with E-state index in [1.807, 2.05) is 0 Å². The first kappa shape index (κ1) is 18.4. The quantitative estimate of drug-likeness (QED) is 0.442. The van der Waals surface area contributed by atoms with Gasteiger partial charge in [0, 0.05) is 17.8 Å². The van der Waals surface area contributed by atoms with E-state index in [1.54, 1.807) is 0 Å². The highest BCUT2D eigenvalue weighted by Gasteiger charge is 2.49. The molecule has 11 heteroatoms. The van der Waals surface area contributed by atoms with Crippen LogP contribution in [0, 0.1) is 5.82 Å². The summed E-state index contributed by atoms with van der Waals surface area (Å²) in [4.78, 5) is 7.90. The van der Waals surface area contributed by atoms with E-state index in [1.165, 1.54) is 18.3 Å². The zero-order valence-corrected chi connectivity index (χ0v) is 13.9. The molecule has 1 aliphatic carbocycles. The lowest BCUT2D eigenvalue weighted by atomic mass is 10.2.